The lowest BCUT2D eigenvalue weighted by atomic mass is 9.95. The van der Waals surface area contributed by atoms with E-state index in [1.807, 2.05) is 6.92 Å². The van der Waals surface area contributed by atoms with Crippen molar-refractivity contribution in [3.05, 3.63) is 58.1 Å². The number of halogens is 2. The lowest BCUT2D eigenvalue weighted by Gasteiger charge is -2.33. The average molecular weight is 507 g/mol. The highest BCUT2D eigenvalue weighted by molar-refractivity contribution is 6.35. The highest BCUT2D eigenvalue weighted by atomic mass is 35.5. The molecule has 1 N–H and O–H groups in total. The molecule has 0 heterocycles. The van der Waals surface area contributed by atoms with Gasteiger partial charge in [-0.05, 0) is 61.2 Å². The van der Waals surface area contributed by atoms with Crippen LogP contribution >= 0.6 is 23.2 Å². The average Bonchev–Trinajstić information content (AvgIpc) is 2.84. The molecule has 0 spiro atoms. The number of carbonyl (C=O) groups excluding carboxylic acids is 2. The van der Waals surface area contributed by atoms with Gasteiger partial charge in [-0.1, -0.05) is 55.5 Å². The summed E-state index contributed by atoms with van der Waals surface area (Å²) in [6.45, 7) is 1.88. The van der Waals surface area contributed by atoms with E-state index < -0.39 is 6.04 Å². The second kappa shape index (κ2) is 12.9. The van der Waals surface area contributed by atoms with Gasteiger partial charge in [0.15, 0.2) is 6.61 Å². The summed E-state index contributed by atoms with van der Waals surface area (Å²) in [5, 5.41) is 4.12. The van der Waals surface area contributed by atoms with Crippen LogP contribution in [0.2, 0.25) is 10.0 Å². The maximum atomic E-state index is 13.3. The fourth-order valence-corrected chi connectivity index (χ4v) is 4.67. The van der Waals surface area contributed by atoms with Gasteiger partial charge in [-0.25, -0.2) is 0 Å². The standard InChI is InChI=1S/C26H32Cl2N2O4/c1-3-24(26(32)29-20-7-5-4-6-8-20)30(16-18-9-10-19(27)15-23(18)28)25(31)17-34-22-13-11-21(33-2)12-14-22/h9-15,20,24H,3-8,16-17H2,1-2H3,(H,29,32)/t24-/m1/s1. The second-order valence-electron chi connectivity index (χ2n) is 8.49. The highest BCUT2D eigenvalue weighted by Gasteiger charge is 2.31. The first kappa shape index (κ1) is 26.2. The Morgan fingerprint density at radius 1 is 1.06 bits per heavy atom. The predicted octanol–water partition coefficient (Wildman–Crippen LogP) is 5.64. The number of nitrogens with zero attached hydrogens (tertiary/aromatic N) is 1. The van der Waals surface area contributed by atoms with E-state index in [1.54, 1.807) is 54.5 Å². The third-order valence-corrected chi connectivity index (χ3v) is 6.70. The van der Waals surface area contributed by atoms with Crippen LogP contribution in [0.4, 0.5) is 0 Å². The number of amides is 2. The van der Waals surface area contributed by atoms with Crippen molar-refractivity contribution in [1.82, 2.24) is 10.2 Å². The molecule has 1 fully saturated rings. The Balaban J connectivity index is 1.77. The van der Waals surface area contributed by atoms with Crippen LogP contribution in [0.25, 0.3) is 0 Å². The minimum atomic E-state index is -0.638. The van der Waals surface area contributed by atoms with Crippen molar-refractivity contribution in [2.24, 2.45) is 0 Å². The highest BCUT2D eigenvalue weighted by Crippen LogP contribution is 2.25. The first-order valence-corrected chi connectivity index (χ1v) is 12.5. The van der Waals surface area contributed by atoms with E-state index in [2.05, 4.69) is 5.32 Å². The third kappa shape index (κ3) is 7.28. The first-order valence-electron chi connectivity index (χ1n) is 11.7. The Hall–Kier alpha value is -2.44. The molecule has 0 aliphatic heterocycles. The van der Waals surface area contributed by atoms with Gasteiger partial charge in [0.2, 0.25) is 5.91 Å². The maximum absolute atomic E-state index is 13.3. The van der Waals surface area contributed by atoms with Crippen molar-refractivity contribution in [3.8, 4) is 11.5 Å². The largest absolute Gasteiger partial charge is 0.497 e. The molecule has 0 aromatic heterocycles. The molecule has 184 valence electrons. The maximum Gasteiger partial charge on any atom is 0.261 e. The van der Waals surface area contributed by atoms with Crippen molar-refractivity contribution in [3.63, 3.8) is 0 Å². The molecule has 2 aromatic rings. The molecule has 0 unspecified atom stereocenters. The molecular weight excluding hydrogens is 475 g/mol. The van der Waals surface area contributed by atoms with Crippen LogP contribution in [-0.2, 0) is 16.1 Å². The SMILES string of the molecule is CC[C@H](C(=O)NC1CCCCC1)N(Cc1ccc(Cl)cc1Cl)C(=O)COc1ccc(OC)cc1. The van der Waals surface area contributed by atoms with Gasteiger partial charge in [-0.2, -0.15) is 0 Å². The second-order valence-corrected chi connectivity index (χ2v) is 9.33. The lowest BCUT2D eigenvalue weighted by molar-refractivity contribution is -0.143. The van der Waals surface area contributed by atoms with Crippen LogP contribution in [0.15, 0.2) is 42.5 Å². The fourth-order valence-electron chi connectivity index (χ4n) is 4.20. The molecule has 3 rings (SSSR count). The molecule has 6 nitrogen and oxygen atoms in total. The summed E-state index contributed by atoms with van der Waals surface area (Å²) in [4.78, 5) is 28.1. The van der Waals surface area contributed by atoms with Crippen molar-refractivity contribution >= 4 is 35.0 Å². The van der Waals surface area contributed by atoms with Gasteiger partial charge in [-0.15, -0.1) is 0 Å². The normalized spacial score (nSPS) is 14.8. The molecule has 1 aliphatic rings. The van der Waals surface area contributed by atoms with E-state index in [0.29, 0.717) is 33.5 Å². The molecule has 1 atom stereocenters. The van der Waals surface area contributed by atoms with Gasteiger partial charge in [0.25, 0.3) is 5.91 Å². The quantitative estimate of drug-likeness (QED) is 0.452. The van der Waals surface area contributed by atoms with Gasteiger partial charge in [0.1, 0.15) is 17.5 Å². The Bertz CT molecular complexity index is 962. The summed E-state index contributed by atoms with van der Waals surface area (Å²) in [6, 6.07) is 11.7. The zero-order valence-corrected chi connectivity index (χ0v) is 21.2. The molecule has 34 heavy (non-hydrogen) atoms. The van der Waals surface area contributed by atoms with E-state index in [1.165, 1.54) is 6.42 Å². The zero-order chi connectivity index (χ0) is 24.5. The predicted molar refractivity (Wildman–Crippen MR) is 135 cm³/mol. The zero-order valence-electron chi connectivity index (χ0n) is 19.7. The Kier molecular flexibility index (Phi) is 9.90. The Morgan fingerprint density at radius 3 is 2.35 bits per heavy atom. The molecule has 1 saturated carbocycles. The van der Waals surface area contributed by atoms with Crippen molar-refractivity contribution in [1.29, 1.82) is 0 Å². The van der Waals surface area contributed by atoms with Crippen LogP contribution in [-0.4, -0.2) is 42.5 Å². The summed E-state index contributed by atoms with van der Waals surface area (Å²) in [7, 11) is 1.59. The topological polar surface area (TPSA) is 67.9 Å². The van der Waals surface area contributed by atoms with Crippen molar-refractivity contribution in [2.75, 3.05) is 13.7 Å². The van der Waals surface area contributed by atoms with E-state index in [0.717, 1.165) is 25.7 Å². The van der Waals surface area contributed by atoms with E-state index >= 15 is 0 Å². The molecule has 0 bridgehead atoms. The van der Waals surface area contributed by atoms with E-state index in [-0.39, 0.29) is 31.0 Å². The van der Waals surface area contributed by atoms with E-state index in [9.17, 15) is 9.59 Å². The number of hydrogen-bond acceptors (Lipinski definition) is 4. The fraction of sp³-hybridized carbons (Fsp3) is 0.462. The monoisotopic (exact) mass is 506 g/mol. The Morgan fingerprint density at radius 2 is 1.74 bits per heavy atom. The molecular formula is C26H32Cl2N2O4. The minimum Gasteiger partial charge on any atom is -0.497 e. The molecule has 2 aromatic carbocycles. The van der Waals surface area contributed by atoms with Crippen LogP contribution in [0, 0.1) is 0 Å². The number of methoxy groups -OCH3 is 1. The summed E-state index contributed by atoms with van der Waals surface area (Å²) in [5.74, 6) is 0.797. The van der Waals surface area contributed by atoms with Crippen LogP contribution in [0.1, 0.15) is 51.0 Å². The summed E-state index contributed by atoms with van der Waals surface area (Å²) >= 11 is 12.4. The van der Waals surface area contributed by atoms with E-state index in [4.69, 9.17) is 32.7 Å². The number of nitrogens with one attached hydrogen (secondary N) is 1. The summed E-state index contributed by atoms with van der Waals surface area (Å²) in [6.07, 6.45) is 5.84. The molecule has 0 saturated heterocycles. The lowest BCUT2D eigenvalue weighted by Crippen LogP contribution is -2.52. The van der Waals surface area contributed by atoms with Gasteiger partial charge >= 0.3 is 0 Å². The third-order valence-electron chi connectivity index (χ3n) is 6.12. The minimum absolute atomic E-state index is 0.141. The van der Waals surface area contributed by atoms with Crippen LogP contribution in [0.3, 0.4) is 0 Å². The first-order chi connectivity index (χ1) is 16.4. The number of hydrogen-bond donors (Lipinski definition) is 1. The van der Waals surface area contributed by atoms with Gasteiger partial charge < -0.3 is 19.7 Å². The number of ether oxygens (including phenoxy) is 2. The van der Waals surface area contributed by atoms with Crippen molar-refractivity contribution < 1.29 is 19.1 Å². The van der Waals surface area contributed by atoms with Crippen LogP contribution in [0.5, 0.6) is 11.5 Å². The van der Waals surface area contributed by atoms with Gasteiger partial charge in [0.05, 0.1) is 7.11 Å². The molecule has 8 heteroatoms. The summed E-state index contributed by atoms with van der Waals surface area (Å²) < 4.78 is 10.9. The summed E-state index contributed by atoms with van der Waals surface area (Å²) in [5.41, 5.74) is 0.716. The molecule has 1 aliphatic carbocycles. The number of carbonyl (C=O) groups is 2. The molecule has 0 radical (unpaired) electrons. The van der Waals surface area contributed by atoms with Gasteiger partial charge in [-0.3, -0.25) is 9.59 Å². The number of benzene rings is 2. The van der Waals surface area contributed by atoms with Crippen molar-refractivity contribution in [2.45, 2.75) is 64.1 Å². The number of rotatable bonds is 10. The van der Waals surface area contributed by atoms with Gasteiger partial charge in [0, 0.05) is 22.6 Å². The van der Waals surface area contributed by atoms with Crippen LogP contribution < -0.4 is 14.8 Å². The Labute approximate surface area is 211 Å². The smallest absolute Gasteiger partial charge is 0.261 e. The molecule has 2 amide bonds.